The fourth-order valence-electron chi connectivity index (χ4n) is 1.28. The van der Waals surface area contributed by atoms with Gasteiger partial charge in [-0.15, -0.1) is 0 Å². The number of thioether (sulfide) groups is 1. The number of hydrogen-bond donors (Lipinski definition) is 1. The number of hydrogen-bond acceptors (Lipinski definition) is 3. The summed E-state index contributed by atoms with van der Waals surface area (Å²) in [5.74, 6) is 0.435. The Morgan fingerprint density at radius 1 is 1.67 bits per heavy atom. The molecule has 0 saturated carbocycles. The van der Waals surface area contributed by atoms with E-state index in [1.807, 2.05) is 0 Å². The normalized spacial score (nSPS) is 42.9. The SMILES string of the molecule is O/N=C1\SC2C=CC1C2. The Balaban J connectivity index is 2.29. The molecular formula is C6H7NOS. The van der Waals surface area contributed by atoms with E-state index in [-0.39, 0.29) is 0 Å². The van der Waals surface area contributed by atoms with Crippen molar-refractivity contribution in [3.63, 3.8) is 0 Å². The maximum atomic E-state index is 8.42. The van der Waals surface area contributed by atoms with Crippen LogP contribution in [-0.2, 0) is 0 Å². The van der Waals surface area contributed by atoms with Gasteiger partial charge in [0.2, 0.25) is 0 Å². The van der Waals surface area contributed by atoms with Gasteiger partial charge in [-0.2, -0.15) is 0 Å². The predicted molar refractivity (Wildman–Crippen MR) is 37.8 cm³/mol. The Morgan fingerprint density at radius 3 is 2.89 bits per heavy atom. The van der Waals surface area contributed by atoms with Crippen molar-refractivity contribution in [2.24, 2.45) is 11.1 Å². The lowest BCUT2D eigenvalue weighted by Crippen LogP contribution is -1.99. The number of rotatable bonds is 0. The molecule has 2 aliphatic rings. The highest BCUT2D eigenvalue weighted by Crippen LogP contribution is 2.40. The van der Waals surface area contributed by atoms with Crippen LogP contribution in [0.5, 0.6) is 0 Å². The zero-order valence-corrected chi connectivity index (χ0v) is 5.64. The second kappa shape index (κ2) is 1.77. The topological polar surface area (TPSA) is 32.6 Å². The van der Waals surface area contributed by atoms with E-state index in [1.54, 1.807) is 11.8 Å². The maximum Gasteiger partial charge on any atom is 0.120 e. The number of nitrogens with zero attached hydrogens (tertiary/aromatic N) is 1. The highest BCUT2D eigenvalue weighted by Gasteiger charge is 2.33. The lowest BCUT2D eigenvalue weighted by Gasteiger charge is -2.01. The first-order chi connectivity index (χ1) is 4.40. The van der Waals surface area contributed by atoms with Crippen LogP contribution >= 0.6 is 11.8 Å². The van der Waals surface area contributed by atoms with Crippen LogP contribution < -0.4 is 0 Å². The standard InChI is InChI=1S/C6H7NOS/c8-7-6-4-1-2-5(3-4)9-6/h1-2,4-5,8H,3H2/b7-6-. The molecule has 0 radical (unpaired) electrons. The predicted octanol–water partition coefficient (Wildman–Crippen LogP) is 1.47. The van der Waals surface area contributed by atoms with Gasteiger partial charge in [-0.3, -0.25) is 0 Å². The molecule has 9 heavy (non-hydrogen) atoms. The molecule has 2 unspecified atom stereocenters. The Hall–Kier alpha value is -0.440. The fourth-order valence-corrected chi connectivity index (χ4v) is 2.46. The van der Waals surface area contributed by atoms with Crippen LogP contribution in [0.25, 0.3) is 0 Å². The van der Waals surface area contributed by atoms with Gasteiger partial charge >= 0.3 is 0 Å². The minimum atomic E-state index is 0.435. The van der Waals surface area contributed by atoms with Crippen LogP contribution in [0.2, 0.25) is 0 Å². The van der Waals surface area contributed by atoms with Crippen LogP contribution in [0, 0.1) is 5.92 Å². The Bertz CT molecular complexity index is 187. The van der Waals surface area contributed by atoms with E-state index in [0.29, 0.717) is 11.2 Å². The molecule has 0 aromatic heterocycles. The summed E-state index contributed by atoms with van der Waals surface area (Å²) in [6.45, 7) is 0. The van der Waals surface area contributed by atoms with Crippen LogP contribution in [0.4, 0.5) is 0 Å². The monoisotopic (exact) mass is 141 g/mol. The average Bonchev–Trinajstić information content (AvgIpc) is 2.45. The third kappa shape index (κ3) is 0.678. The molecule has 1 N–H and O–H groups in total. The lowest BCUT2D eigenvalue weighted by molar-refractivity contribution is 0.318. The molecular weight excluding hydrogens is 134 g/mol. The number of fused-ring (bicyclic) bond motifs is 2. The van der Waals surface area contributed by atoms with E-state index in [1.165, 1.54) is 0 Å². The minimum Gasteiger partial charge on any atom is -0.410 e. The molecule has 0 aromatic carbocycles. The maximum absolute atomic E-state index is 8.42. The first-order valence-electron chi connectivity index (χ1n) is 2.97. The van der Waals surface area contributed by atoms with Gasteiger partial charge in [-0.05, 0) is 6.42 Å². The molecule has 2 rings (SSSR count). The zero-order chi connectivity index (χ0) is 6.27. The van der Waals surface area contributed by atoms with Gasteiger partial charge in [0, 0.05) is 11.2 Å². The summed E-state index contributed by atoms with van der Waals surface area (Å²) >= 11 is 1.67. The smallest absolute Gasteiger partial charge is 0.120 e. The van der Waals surface area contributed by atoms with Crippen LogP contribution in [0.3, 0.4) is 0 Å². The summed E-state index contributed by atoms with van der Waals surface area (Å²) in [5.41, 5.74) is 0. The molecule has 1 saturated heterocycles. The highest BCUT2D eigenvalue weighted by atomic mass is 32.2. The lowest BCUT2D eigenvalue weighted by atomic mass is 10.1. The summed E-state index contributed by atoms with van der Waals surface area (Å²) in [6, 6.07) is 0. The van der Waals surface area contributed by atoms with Crippen LogP contribution in [-0.4, -0.2) is 15.5 Å². The largest absolute Gasteiger partial charge is 0.410 e. The Labute approximate surface area is 57.6 Å². The van der Waals surface area contributed by atoms with E-state index in [0.717, 1.165) is 11.5 Å². The van der Waals surface area contributed by atoms with Crippen molar-refractivity contribution in [1.29, 1.82) is 0 Å². The Morgan fingerprint density at radius 2 is 2.56 bits per heavy atom. The van der Waals surface area contributed by atoms with Crippen LogP contribution in [0.15, 0.2) is 17.3 Å². The quantitative estimate of drug-likeness (QED) is 0.315. The van der Waals surface area contributed by atoms with Gasteiger partial charge in [0.1, 0.15) is 5.04 Å². The molecule has 1 aliphatic carbocycles. The van der Waals surface area contributed by atoms with Crippen LogP contribution in [0.1, 0.15) is 6.42 Å². The van der Waals surface area contributed by atoms with E-state index < -0.39 is 0 Å². The molecule has 0 amide bonds. The van der Waals surface area contributed by atoms with Crippen molar-refractivity contribution < 1.29 is 5.21 Å². The second-order valence-corrected chi connectivity index (χ2v) is 3.58. The first-order valence-corrected chi connectivity index (χ1v) is 3.85. The fraction of sp³-hybridized carbons (Fsp3) is 0.500. The van der Waals surface area contributed by atoms with Gasteiger partial charge in [0.25, 0.3) is 0 Å². The number of oxime groups is 1. The Kier molecular flexibility index (Phi) is 1.05. The van der Waals surface area contributed by atoms with Crippen molar-refractivity contribution in [1.82, 2.24) is 0 Å². The average molecular weight is 141 g/mol. The molecule has 48 valence electrons. The van der Waals surface area contributed by atoms with Crippen molar-refractivity contribution in [2.75, 3.05) is 0 Å². The van der Waals surface area contributed by atoms with E-state index >= 15 is 0 Å². The molecule has 2 nitrogen and oxygen atoms in total. The molecule has 1 heterocycles. The van der Waals surface area contributed by atoms with E-state index in [9.17, 15) is 0 Å². The zero-order valence-electron chi connectivity index (χ0n) is 4.82. The molecule has 2 bridgehead atoms. The number of allylic oxidation sites excluding steroid dienone is 1. The van der Waals surface area contributed by atoms with Crippen molar-refractivity contribution >= 4 is 16.8 Å². The van der Waals surface area contributed by atoms with Gasteiger partial charge in [-0.1, -0.05) is 29.1 Å². The van der Waals surface area contributed by atoms with Gasteiger partial charge in [-0.25, -0.2) is 0 Å². The molecule has 3 heteroatoms. The summed E-state index contributed by atoms with van der Waals surface area (Å²) in [6.07, 6.45) is 5.45. The third-order valence-corrected chi connectivity index (χ3v) is 3.01. The first kappa shape index (κ1) is 5.35. The molecule has 1 fully saturated rings. The van der Waals surface area contributed by atoms with Gasteiger partial charge < -0.3 is 5.21 Å². The summed E-state index contributed by atoms with van der Waals surface area (Å²) < 4.78 is 0. The van der Waals surface area contributed by atoms with Crippen molar-refractivity contribution in [3.05, 3.63) is 12.2 Å². The van der Waals surface area contributed by atoms with E-state index in [2.05, 4.69) is 17.3 Å². The van der Waals surface area contributed by atoms with E-state index in [4.69, 9.17) is 5.21 Å². The minimum absolute atomic E-state index is 0.435. The summed E-state index contributed by atoms with van der Waals surface area (Å²) in [7, 11) is 0. The van der Waals surface area contributed by atoms with Gasteiger partial charge in [0.15, 0.2) is 0 Å². The van der Waals surface area contributed by atoms with Gasteiger partial charge in [0.05, 0.1) is 0 Å². The summed E-state index contributed by atoms with van der Waals surface area (Å²) in [5, 5.41) is 13.1. The highest BCUT2D eigenvalue weighted by molar-refractivity contribution is 8.15. The second-order valence-electron chi connectivity index (χ2n) is 2.32. The molecule has 0 aromatic rings. The van der Waals surface area contributed by atoms with Crippen molar-refractivity contribution in [3.8, 4) is 0 Å². The third-order valence-electron chi connectivity index (χ3n) is 1.73. The van der Waals surface area contributed by atoms with Crippen molar-refractivity contribution in [2.45, 2.75) is 11.7 Å². The molecule has 2 atom stereocenters. The molecule has 0 spiro atoms. The summed E-state index contributed by atoms with van der Waals surface area (Å²) in [4.78, 5) is 0. The molecule has 1 aliphatic heterocycles.